The third kappa shape index (κ3) is 8.19. The van der Waals surface area contributed by atoms with Gasteiger partial charge in [-0.05, 0) is 38.9 Å². The number of carbonyl (C=O) groups excluding carboxylic acids is 2. The summed E-state index contributed by atoms with van der Waals surface area (Å²) in [5, 5.41) is 16.0. The lowest BCUT2D eigenvalue weighted by molar-refractivity contribution is -0.169. The van der Waals surface area contributed by atoms with Crippen LogP contribution in [0, 0.1) is 35.0 Å². The molecule has 0 radical (unpaired) electrons. The molecule has 1 aliphatic rings. The first-order chi connectivity index (χ1) is 16.7. The van der Waals surface area contributed by atoms with Gasteiger partial charge in [0, 0.05) is 30.3 Å². The Morgan fingerprint density at radius 2 is 1.64 bits per heavy atom. The number of ether oxygens (including phenoxy) is 2. The molecule has 1 rings (SSSR count). The van der Waals surface area contributed by atoms with Crippen LogP contribution in [0.4, 0.5) is 0 Å². The highest BCUT2D eigenvalue weighted by Crippen LogP contribution is 2.40. The molecule has 7 nitrogen and oxygen atoms in total. The highest BCUT2D eigenvalue weighted by molar-refractivity contribution is 7.98. The molecular formula is C28H53NO6S. The molecule has 1 N–H and O–H groups in total. The number of cyclic esters (lactones) is 1. The van der Waals surface area contributed by atoms with E-state index in [1.54, 1.807) is 14.0 Å². The van der Waals surface area contributed by atoms with Crippen LogP contribution in [0.1, 0.15) is 89.0 Å². The van der Waals surface area contributed by atoms with Crippen molar-refractivity contribution in [3.05, 3.63) is 0 Å². The van der Waals surface area contributed by atoms with Gasteiger partial charge in [0.05, 0.1) is 17.4 Å². The summed E-state index contributed by atoms with van der Waals surface area (Å²) >= 11 is 1.52. The molecule has 1 saturated heterocycles. The van der Waals surface area contributed by atoms with E-state index in [4.69, 9.17) is 14.3 Å². The lowest BCUT2D eigenvalue weighted by atomic mass is 9.69. The largest absolute Gasteiger partial charge is 0.461 e. The Hall–Kier alpha value is -1.12. The molecule has 36 heavy (non-hydrogen) atoms. The number of methoxy groups -OCH3 is 1. The van der Waals surface area contributed by atoms with Gasteiger partial charge >= 0.3 is 5.97 Å². The van der Waals surface area contributed by atoms with E-state index in [1.165, 1.54) is 11.8 Å². The minimum absolute atomic E-state index is 0.0833. The van der Waals surface area contributed by atoms with Crippen molar-refractivity contribution in [2.45, 2.75) is 107 Å². The summed E-state index contributed by atoms with van der Waals surface area (Å²) in [5.74, 6) is -2.22. The second-order valence-electron chi connectivity index (χ2n) is 10.8. The number of aliphatic hydroxyl groups excluding tert-OH is 1. The van der Waals surface area contributed by atoms with Crippen molar-refractivity contribution >= 4 is 29.2 Å². The Bertz CT molecular complexity index is 727. The van der Waals surface area contributed by atoms with Crippen LogP contribution in [0.2, 0.25) is 0 Å². The Morgan fingerprint density at radius 1 is 1.08 bits per heavy atom. The number of rotatable bonds is 5. The molecule has 212 valence electrons. The number of ketones is 1. The zero-order valence-electron chi connectivity index (χ0n) is 25.0. The SMILES string of the molecule is CC.CC[C@H]1OC(=O)C(C)C(=O)[C@H](C)[C@@H](C)[C@](C)(OC)C[C@@H](C)/C(=N\OCSC)C(C)C(O)C1(C)C. The highest BCUT2D eigenvalue weighted by Gasteiger charge is 2.47. The molecule has 0 aromatic rings. The summed E-state index contributed by atoms with van der Waals surface area (Å²) in [4.78, 5) is 31.9. The molecular weight excluding hydrogens is 478 g/mol. The average molecular weight is 532 g/mol. The fourth-order valence-corrected chi connectivity index (χ4v) is 5.39. The van der Waals surface area contributed by atoms with Crippen LogP contribution in [0.5, 0.6) is 0 Å². The normalized spacial score (nSPS) is 37.4. The molecule has 8 heteroatoms. The van der Waals surface area contributed by atoms with E-state index in [1.807, 2.05) is 68.6 Å². The summed E-state index contributed by atoms with van der Waals surface area (Å²) < 4.78 is 11.8. The molecule has 3 unspecified atom stereocenters. The van der Waals surface area contributed by atoms with E-state index in [2.05, 4.69) is 12.1 Å². The molecule has 0 aliphatic carbocycles. The van der Waals surface area contributed by atoms with Crippen molar-refractivity contribution in [2.75, 3.05) is 19.3 Å². The van der Waals surface area contributed by atoms with Gasteiger partial charge in [0.15, 0.2) is 5.94 Å². The fourth-order valence-electron chi connectivity index (χ4n) is 5.23. The maximum Gasteiger partial charge on any atom is 0.316 e. The van der Waals surface area contributed by atoms with E-state index < -0.39 is 41.0 Å². The van der Waals surface area contributed by atoms with E-state index in [0.29, 0.717) is 18.8 Å². The molecule has 0 aromatic carbocycles. The van der Waals surface area contributed by atoms with Crippen LogP contribution in [-0.4, -0.2) is 59.7 Å². The number of Topliss-reactive ketones (excluding diaryl/α,β-unsaturated/α-hetero) is 1. The zero-order valence-corrected chi connectivity index (χ0v) is 25.8. The van der Waals surface area contributed by atoms with Crippen LogP contribution in [-0.2, 0) is 23.9 Å². The van der Waals surface area contributed by atoms with Gasteiger partial charge in [-0.25, -0.2) is 0 Å². The van der Waals surface area contributed by atoms with Crippen molar-refractivity contribution in [2.24, 2.45) is 40.2 Å². The van der Waals surface area contributed by atoms with Gasteiger partial charge in [-0.1, -0.05) is 67.5 Å². The van der Waals surface area contributed by atoms with Gasteiger partial charge < -0.3 is 19.4 Å². The smallest absolute Gasteiger partial charge is 0.316 e. The third-order valence-electron chi connectivity index (χ3n) is 8.13. The second kappa shape index (κ2) is 15.3. The Morgan fingerprint density at radius 3 is 2.11 bits per heavy atom. The third-order valence-corrected chi connectivity index (χ3v) is 8.47. The predicted molar refractivity (Wildman–Crippen MR) is 149 cm³/mol. The number of oxime groups is 1. The van der Waals surface area contributed by atoms with Crippen LogP contribution in [0.15, 0.2) is 5.16 Å². The molecule has 8 atom stereocenters. The van der Waals surface area contributed by atoms with Crippen LogP contribution >= 0.6 is 11.8 Å². The number of thioether (sulfide) groups is 1. The highest BCUT2D eigenvalue weighted by atomic mass is 32.2. The van der Waals surface area contributed by atoms with Crippen LogP contribution in [0.3, 0.4) is 0 Å². The molecule has 0 bridgehead atoms. The number of esters is 1. The van der Waals surface area contributed by atoms with E-state index >= 15 is 0 Å². The fraction of sp³-hybridized carbons (Fsp3) is 0.893. The number of nitrogens with zero attached hydrogens (tertiary/aromatic N) is 1. The molecule has 1 fully saturated rings. The van der Waals surface area contributed by atoms with Crippen molar-refractivity contribution in [1.29, 1.82) is 0 Å². The molecule has 0 aromatic heterocycles. The predicted octanol–water partition coefficient (Wildman–Crippen LogP) is 5.97. The maximum absolute atomic E-state index is 13.3. The lowest BCUT2D eigenvalue weighted by Gasteiger charge is -2.43. The van der Waals surface area contributed by atoms with Crippen LogP contribution in [0.25, 0.3) is 0 Å². The van der Waals surface area contributed by atoms with Crippen molar-refractivity contribution in [3.63, 3.8) is 0 Å². The molecule has 0 amide bonds. The standard InChI is InChI=1S/C26H47NO6S.C2H6/c1-12-20-25(7,8)23(29)17(4)21(27-32-14-34-11)15(2)13-26(9,31-10)19(6)16(3)22(28)18(5)24(30)33-20;1-2/h15-20,23,29H,12-14H2,1-11H3;1-2H3/b27-21+;/t15-,16-,17?,18?,19-,20-,23?,26-;/m1./s1. The minimum atomic E-state index is -0.893. The number of hydrogen-bond donors (Lipinski definition) is 1. The molecule has 1 aliphatic heterocycles. The summed E-state index contributed by atoms with van der Waals surface area (Å²) in [6, 6.07) is 0. The van der Waals surface area contributed by atoms with Crippen LogP contribution < -0.4 is 0 Å². The lowest BCUT2D eigenvalue weighted by Crippen LogP contribution is -2.51. The van der Waals surface area contributed by atoms with Gasteiger partial charge in [0.2, 0.25) is 0 Å². The monoisotopic (exact) mass is 531 g/mol. The van der Waals surface area contributed by atoms with E-state index in [0.717, 1.165) is 5.71 Å². The number of hydrogen-bond acceptors (Lipinski definition) is 8. The first-order valence-electron chi connectivity index (χ1n) is 13.4. The van der Waals surface area contributed by atoms with Gasteiger partial charge in [0.1, 0.15) is 17.8 Å². The van der Waals surface area contributed by atoms with Gasteiger partial charge in [0.25, 0.3) is 0 Å². The van der Waals surface area contributed by atoms with Crippen molar-refractivity contribution in [3.8, 4) is 0 Å². The Labute approximate surface area is 224 Å². The van der Waals surface area contributed by atoms with E-state index in [-0.39, 0.29) is 23.5 Å². The first-order valence-corrected chi connectivity index (χ1v) is 14.7. The van der Waals surface area contributed by atoms with Crippen molar-refractivity contribution < 1.29 is 29.0 Å². The Kier molecular flexibility index (Phi) is 14.9. The van der Waals surface area contributed by atoms with Crippen molar-refractivity contribution in [1.82, 2.24) is 0 Å². The summed E-state index contributed by atoms with van der Waals surface area (Å²) in [7, 11) is 1.65. The minimum Gasteiger partial charge on any atom is -0.461 e. The molecule has 0 spiro atoms. The number of carbonyl (C=O) groups is 2. The summed E-state index contributed by atoms with van der Waals surface area (Å²) in [6.45, 7) is 21.1. The van der Waals surface area contributed by atoms with Gasteiger partial charge in [-0.2, -0.15) is 0 Å². The summed E-state index contributed by atoms with van der Waals surface area (Å²) in [5.41, 5.74) is -0.704. The topological polar surface area (TPSA) is 94.4 Å². The van der Waals surface area contributed by atoms with Gasteiger partial charge in [-0.3, -0.25) is 9.59 Å². The maximum atomic E-state index is 13.3. The number of aliphatic hydroxyl groups is 1. The Balaban J connectivity index is 0.00000596. The molecule has 0 saturated carbocycles. The zero-order chi connectivity index (χ0) is 28.4. The second-order valence-corrected chi connectivity index (χ2v) is 11.6. The quantitative estimate of drug-likeness (QED) is 0.153. The molecule has 1 heterocycles. The van der Waals surface area contributed by atoms with Gasteiger partial charge in [-0.15, -0.1) is 11.8 Å². The average Bonchev–Trinajstić information content (AvgIpc) is 2.87. The first kappa shape index (κ1) is 34.9. The summed E-state index contributed by atoms with van der Waals surface area (Å²) in [6.07, 6.45) is 1.61. The van der Waals surface area contributed by atoms with E-state index in [9.17, 15) is 14.7 Å².